The van der Waals surface area contributed by atoms with E-state index < -0.39 is 0 Å². The van der Waals surface area contributed by atoms with Gasteiger partial charge in [0, 0.05) is 39.2 Å². The molecule has 4 heteroatoms. The minimum atomic E-state index is -0.232. The van der Waals surface area contributed by atoms with E-state index in [2.05, 4.69) is 82.1 Å². The maximum atomic E-state index is 13.8. The highest BCUT2D eigenvalue weighted by molar-refractivity contribution is 9.10. The molecule has 1 amide bonds. The van der Waals surface area contributed by atoms with Crippen LogP contribution in [-0.4, -0.2) is 10.5 Å². The third-order valence-electron chi connectivity index (χ3n) is 6.52. The summed E-state index contributed by atoms with van der Waals surface area (Å²) in [7, 11) is 2.11. The average molecular weight is 493 g/mol. The van der Waals surface area contributed by atoms with Crippen LogP contribution in [0, 0.1) is 0 Å². The van der Waals surface area contributed by atoms with Crippen LogP contribution >= 0.6 is 15.9 Å². The predicted octanol–water partition coefficient (Wildman–Crippen LogP) is 7.36. The lowest BCUT2D eigenvalue weighted by atomic mass is 9.93. The van der Waals surface area contributed by atoms with Crippen LogP contribution in [0.15, 0.2) is 108 Å². The number of rotatable bonds is 3. The van der Waals surface area contributed by atoms with Gasteiger partial charge in [-0.3, -0.25) is 9.69 Å². The molecule has 2 heterocycles. The zero-order valence-electron chi connectivity index (χ0n) is 18.1. The van der Waals surface area contributed by atoms with Gasteiger partial charge in [-0.05, 0) is 41.5 Å². The molecule has 1 unspecified atom stereocenters. The summed E-state index contributed by atoms with van der Waals surface area (Å²) in [4.78, 5) is 15.7. The van der Waals surface area contributed by atoms with Crippen LogP contribution in [0.5, 0.6) is 0 Å². The quantitative estimate of drug-likeness (QED) is 0.258. The monoisotopic (exact) mass is 492 g/mol. The van der Waals surface area contributed by atoms with Crippen molar-refractivity contribution in [2.45, 2.75) is 6.04 Å². The second-order valence-corrected chi connectivity index (χ2v) is 9.26. The van der Waals surface area contributed by atoms with Gasteiger partial charge in [0.2, 0.25) is 0 Å². The minimum absolute atomic E-state index is 0.0284. The Morgan fingerprint density at radius 1 is 0.788 bits per heavy atom. The maximum absolute atomic E-state index is 13.8. The molecule has 0 N–H and O–H groups in total. The SMILES string of the molecule is Cn1c(-c2ccccc2)c(C2c3ccccc3C(=O)N2c2cccc(Br)c2)c2ccccc21. The van der Waals surface area contributed by atoms with Gasteiger partial charge in [0.1, 0.15) is 0 Å². The lowest BCUT2D eigenvalue weighted by molar-refractivity contribution is 0.0993. The summed E-state index contributed by atoms with van der Waals surface area (Å²) in [6, 6.07) is 34.7. The van der Waals surface area contributed by atoms with Crippen LogP contribution in [0.3, 0.4) is 0 Å². The third-order valence-corrected chi connectivity index (χ3v) is 7.01. The van der Waals surface area contributed by atoms with Crippen molar-refractivity contribution in [1.82, 2.24) is 4.57 Å². The number of fused-ring (bicyclic) bond motifs is 2. The van der Waals surface area contributed by atoms with Crippen molar-refractivity contribution in [1.29, 1.82) is 0 Å². The lowest BCUT2D eigenvalue weighted by Gasteiger charge is -2.27. The van der Waals surface area contributed by atoms with Gasteiger partial charge in [0.15, 0.2) is 0 Å². The number of hydrogen-bond acceptors (Lipinski definition) is 1. The standard InChI is InChI=1S/C29H21BrN2O/c1-31-25-17-8-7-16-24(25)26(27(31)19-10-3-2-4-11-19)28-22-14-5-6-15-23(22)29(33)32(28)21-13-9-12-20(30)18-21/h2-18,28H,1H3. The van der Waals surface area contributed by atoms with Crippen molar-refractivity contribution in [3.63, 3.8) is 0 Å². The van der Waals surface area contributed by atoms with E-state index in [1.54, 1.807) is 0 Å². The van der Waals surface area contributed by atoms with E-state index in [4.69, 9.17) is 0 Å². The number of carbonyl (C=O) groups is 1. The molecular weight excluding hydrogens is 472 g/mol. The highest BCUT2D eigenvalue weighted by atomic mass is 79.9. The fourth-order valence-electron chi connectivity index (χ4n) is 5.14. The molecule has 0 aliphatic carbocycles. The molecule has 1 aromatic heterocycles. The van der Waals surface area contributed by atoms with Crippen LogP contribution in [0.4, 0.5) is 5.69 Å². The van der Waals surface area contributed by atoms with Crippen molar-refractivity contribution in [3.05, 3.63) is 124 Å². The number of para-hydroxylation sites is 1. The number of aromatic nitrogens is 1. The number of carbonyl (C=O) groups excluding carboxylic acids is 1. The number of aryl methyl sites for hydroxylation is 1. The highest BCUT2D eigenvalue weighted by Gasteiger charge is 2.41. The van der Waals surface area contributed by atoms with E-state index in [9.17, 15) is 4.79 Å². The molecule has 0 fully saturated rings. The fourth-order valence-corrected chi connectivity index (χ4v) is 5.52. The van der Waals surface area contributed by atoms with Crippen LogP contribution in [0.25, 0.3) is 22.2 Å². The number of benzene rings is 4. The number of halogens is 1. The molecule has 0 bridgehead atoms. The molecule has 1 aliphatic heterocycles. The van der Waals surface area contributed by atoms with Gasteiger partial charge >= 0.3 is 0 Å². The van der Waals surface area contributed by atoms with Crippen molar-refractivity contribution in [2.24, 2.45) is 7.05 Å². The highest BCUT2D eigenvalue weighted by Crippen LogP contribution is 2.48. The second-order valence-electron chi connectivity index (χ2n) is 8.35. The molecular formula is C29H21BrN2O. The summed E-state index contributed by atoms with van der Waals surface area (Å²) in [5, 5.41) is 1.16. The Balaban J connectivity index is 1.71. The summed E-state index contributed by atoms with van der Waals surface area (Å²) < 4.78 is 3.20. The topological polar surface area (TPSA) is 25.2 Å². The summed E-state index contributed by atoms with van der Waals surface area (Å²) in [5.41, 5.74) is 7.24. The maximum Gasteiger partial charge on any atom is 0.259 e. The normalized spacial score (nSPS) is 15.3. The molecule has 0 spiro atoms. The molecule has 6 rings (SSSR count). The Labute approximate surface area is 201 Å². The van der Waals surface area contributed by atoms with Crippen molar-refractivity contribution >= 4 is 38.4 Å². The van der Waals surface area contributed by atoms with E-state index in [0.29, 0.717) is 0 Å². The van der Waals surface area contributed by atoms with Crippen LogP contribution in [0.2, 0.25) is 0 Å². The van der Waals surface area contributed by atoms with Gasteiger partial charge in [-0.25, -0.2) is 0 Å². The van der Waals surface area contributed by atoms with Crippen LogP contribution in [0.1, 0.15) is 27.5 Å². The molecule has 5 aromatic rings. The molecule has 4 aromatic carbocycles. The molecule has 0 saturated carbocycles. The van der Waals surface area contributed by atoms with Gasteiger partial charge in [-0.15, -0.1) is 0 Å². The zero-order valence-corrected chi connectivity index (χ0v) is 19.7. The number of hydrogen-bond donors (Lipinski definition) is 0. The molecule has 3 nitrogen and oxygen atoms in total. The fraction of sp³-hybridized carbons (Fsp3) is 0.0690. The van der Waals surface area contributed by atoms with Crippen molar-refractivity contribution in [3.8, 4) is 11.3 Å². The largest absolute Gasteiger partial charge is 0.343 e. The number of amides is 1. The van der Waals surface area contributed by atoms with E-state index in [1.807, 2.05) is 53.4 Å². The van der Waals surface area contributed by atoms with Gasteiger partial charge in [0.05, 0.1) is 11.7 Å². The first-order valence-electron chi connectivity index (χ1n) is 11.0. The molecule has 33 heavy (non-hydrogen) atoms. The van der Waals surface area contributed by atoms with Crippen LogP contribution < -0.4 is 4.90 Å². The first-order valence-corrected chi connectivity index (χ1v) is 11.8. The summed E-state index contributed by atoms with van der Waals surface area (Å²) in [6.07, 6.45) is 0. The summed E-state index contributed by atoms with van der Waals surface area (Å²) in [6.45, 7) is 0. The second kappa shape index (κ2) is 7.75. The van der Waals surface area contributed by atoms with E-state index in [0.717, 1.165) is 49.0 Å². The molecule has 0 radical (unpaired) electrons. The first kappa shape index (κ1) is 20.0. The first-order chi connectivity index (χ1) is 16.1. The Kier molecular flexibility index (Phi) is 4.70. The summed E-state index contributed by atoms with van der Waals surface area (Å²) >= 11 is 3.59. The predicted molar refractivity (Wildman–Crippen MR) is 138 cm³/mol. The smallest absolute Gasteiger partial charge is 0.259 e. The molecule has 1 atom stereocenters. The minimum Gasteiger partial charge on any atom is -0.343 e. The van der Waals surface area contributed by atoms with Gasteiger partial charge in [-0.2, -0.15) is 0 Å². The Bertz CT molecular complexity index is 1520. The van der Waals surface area contributed by atoms with E-state index in [-0.39, 0.29) is 11.9 Å². The van der Waals surface area contributed by atoms with Gasteiger partial charge in [-0.1, -0.05) is 88.7 Å². The van der Waals surface area contributed by atoms with Crippen molar-refractivity contribution < 1.29 is 4.79 Å². The zero-order chi connectivity index (χ0) is 22.5. The van der Waals surface area contributed by atoms with Gasteiger partial charge < -0.3 is 4.57 Å². The number of nitrogens with zero attached hydrogens (tertiary/aromatic N) is 2. The van der Waals surface area contributed by atoms with E-state index in [1.165, 1.54) is 0 Å². The third kappa shape index (κ3) is 3.05. The Morgan fingerprint density at radius 2 is 1.52 bits per heavy atom. The molecule has 0 saturated heterocycles. The molecule has 1 aliphatic rings. The van der Waals surface area contributed by atoms with Crippen LogP contribution in [-0.2, 0) is 7.05 Å². The molecule has 160 valence electrons. The Hall–Kier alpha value is -3.63. The Morgan fingerprint density at radius 3 is 2.33 bits per heavy atom. The summed E-state index contributed by atoms with van der Waals surface area (Å²) in [5.74, 6) is 0.0284. The number of anilines is 1. The lowest BCUT2D eigenvalue weighted by Crippen LogP contribution is -2.28. The average Bonchev–Trinajstić information content (AvgIpc) is 3.31. The van der Waals surface area contributed by atoms with E-state index >= 15 is 0 Å². The van der Waals surface area contributed by atoms with Gasteiger partial charge in [0.25, 0.3) is 5.91 Å². The van der Waals surface area contributed by atoms with Crippen molar-refractivity contribution in [2.75, 3.05) is 4.90 Å².